The van der Waals surface area contributed by atoms with E-state index in [1.54, 1.807) is 0 Å². The molecule has 0 aliphatic carbocycles. The second-order valence-corrected chi connectivity index (χ2v) is 10.4. The SMILES string of the molecule is O=C(O)c1cccc2c1OB(O)[C@@H](NC(=O)C(NC(=O)N1CCN(CC3CNC3)C(=O)C1=O)c1c(F)cc(O)cc1F)C2. The maximum absolute atomic E-state index is 14.9. The zero-order chi connectivity index (χ0) is 31.0. The average Bonchev–Trinajstić information content (AvgIpc) is 2.91. The molecule has 3 aliphatic heterocycles. The summed E-state index contributed by atoms with van der Waals surface area (Å²) < 4.78 is 35.2. The van der Waals surface area contributed by atoms with Crippen molar-refractivity contribution in [2.75, 3.05) is 32.7 Å². The van der Waals surface area contributed by atoms with Crippen molar-refractivity contribution >= 4 is 36.8 Å². The third-order valence-corrected chi connectivity index (χ3v) is 7.46. The lowest BCUT2D eigenvalue weighted by atomic mass is 9.72. The topological polar surface area (TPSA) is 198 Å². The number of carbonyl (C=O) groups excluding carboxylic acids is 4. The quantitative estimate of drug-likeness (QED) is 0.172. The van der Waals surface area contributed by atoms with Gasteiger partial charge in [0.25, 0.3) is 0 Å². The van der Waals surface area contributed by atoms with Crippen LogP contribution in [0.15, 0.2) is 30.3 Å². The van der Waals surface area contributed by atoms with Crippen LogP contribution in [0.1, 0.15) is 27.5 Å². The third-order valence-electron chi connectivity index (χ3n) is 7.46. The molecule has 5 amide bonds. The molecule has 14 nitrogen and oxygen atoms in total. The average molecular weight is 601 g/mol. The highest BCUT2D eigenvalue weighted by molar-refractivity contribution is 6.47. The molecular weight excluding hydrogens is 575 g/mol. The number of carboxylic acid groups (broad SMARTS) is 1. The number of phenolic OH excluding ortho intramolecular Hbond substituents is 1. The molecule has 0 saturated carbocycles. The van der Waals surface area contributed by atoms with Crippen molar-refractivity contribution in [3.8, 4) is 11.5 Å². The molecule has 0 spiro atoms. The Morgan fingerprint density at radius 3 is 2.44 bits per heavy atom. The summed E-state index contributed by atoms with van der Waals surface area (Å²) in [7, 11) is -1.79. The molecule has 2 aromatic rings. The van der Waals surface area contributed by atoms with Crippen LogP contribution in [0.2, 0.25) is 0 Å². The van der Waals surface area contributed by atoms with Crippen LogP contribution in [-0.2, 0) is 20.8 Å². The fourth-order valence-corrected chi connectivity index (χ4v) is 5.13. The molecular formula is C26H26BF2N5O9. The molecule has 43 heavy (non-hydrogen) atoms. The van der Waals surface area contributed by atoms with Crippen molar-refractivity contribution in [3.05, 3.63) is 58.7 Å². The van der Waals surface area contributed by atoms with Crippen molar-refractivity contribution in [1.82, 2.24) is 25.8 Å². The maximum atomic E-state index is 14.9. The van der Waals surface area contributed by atoms with Crippen molar-refractivity contribution < 1.29 is 52.6 Å². The third kappa shape index (κ3) is 5.94. The largest absolute Gasteiger partial charge is 0.547 e. The number of nitrogens with zero attached hydrogens (tertiary/aromatic N) is 2. The lowest BCUT2D eigenvalue weighted by molar-refractivity contribution is -0.154. The van der Waals surface area contributed by atoms with Crippen LogP contribution >= 0.6 is 0 Å². The predicted octanol–water partition coefficient (Wildman–Crippen LogP) is -0.851. The van der Waals surface area contributed by atoms with Gasteiger partial charge in [-0.05, 0) is 18.1 Å². The number of halogens is 2. The number of fused-ring (bicyclic) bond motifs is 1. The van der Waals surface area contributed by atoms with Crippen LogP contribution in [0, 0.1) is 17.6 Å². The van der Waals surface area contributed by atoms with E-state index in [1.807, 2.05) is 0 Å². The van der Waals surface area contributed by atoms with Crippen LogP contribution in [0.25, 0.3) is 0 Å². The van der Waals surface area contributed by atoms with Gasteiger partial charge in [0.2, 0.25) is 5.91 Å². The Labute approximate surface area is 242 Å². The molecule has 2 saturated heterocycles. The molecule has 2 fully saturated rings. The van der Waals surface area contributed by atoms with Gasteiger partial charge < -0.3 is 40.7 Å². The van der Waals surface area contributed by atoms with Crippen LogP contribution in [0.5, 0.6) is 11.5 Å². The molecule has 0 aromatic heterocycles. The van der Waals surface area contributed by atoms with Crippen molar-refractivity contribution in [1.29, 1.82) is 0 Å². The summed E-state index contributed by atoms with van der Waals surface area (Å²) in [5, 5.41) is 37.0. The highest BCUT2D eigenvalue weighted by Gasteiger charge is 2.42. The van der Waals surface area contributed by atoms with E-state index in [2.05, 4.69) is 16.0 Å². The highest BCUT2D eigenvalue weighted by atomic mass is 19.1. The Balaban J connectivity index is 1.37. The number of imide groups is 1. The molecule has 6 N–H and O–H groups in total. The first-order valence-electron chi connectivity index (χ1n) is 13.2. The van der Waals surface area contributed by atoms with E-state index in [4.69, 9.17) is 4.65 Å². The number of carbonyl (C=O) groups is 5. The molecule has 3 aliphatic rings. The number of aromatic hydroxyl groups is 1. The summed E-state index contributed by atoms with van der Waals surface area (Å²) in [5.74, 6) is -9.53. The molecule has 2 atom stereocenters. The van der Waals surface area contributed by atoms with Gasteiger partial charge in [-0.3, -0.25) is 19.3 Å². The zero-order valence-electron chi connectivity index (χ0n) is 22.4. The number of hydrogen-bond donors (Lipinski definition) is 6. The number of hydrogen-bond acceptors (Lipinski definition) is 9. The molecule has 0 bridgehead atoms. The summed E-state index contributed by atoms with van der Waals surface area (Å²) in [6.07, 6.45) is -0.157. The summed E-state index contributed by atoms with van der Waals surface area (Å²) in [6.45, 7) is 1.43. The number of aromatic carboxylic acids is 1. The number of benzene rings is 2. The van der Waals surface area contributed by atoms with Crippen molar-refractivity contribution in [2.24, 2.45) is 5.92 Å². The van der Waals surface area contributed by atoms with E-state index in [0.29, 0.717) is 42.2 Å². The molecule has 3 heterocycles. The first kappa shape index (κ1) is 29.7. The maximum Gasteiger partial charge on any atom is 0.547 e. The fourth-order valence-electron chi connectivity index (χ4n) is 5.13. The van der Waals surface area contributed by atoms with Gasteiger partial charge in [-0.2, -0.15) is 0 Å². The second-order valence-electron chi connectivity index (χ2n) is 10.4. The molecule has 0 radical (unpaired) electrons. The second kappa shape index (κ2) is 11.8. The van der Waals surface area contributed by atoms with Crippen molar-refractivity contribution in [2.45, 2.75) is 18.4 Å². The first-order chi connectivity index (χ1) is 20.4. The normalized spacial score (nSPS) is 19.2. The Morgan fingerprint density at radius 1 is 1.12 bits per heavy atom. The Kier molecular flexibility index (Phi) is 8.19. The number of carboxylic acids is 1. The van der Waals surface area contributed by atoms with Gasteiger partial charge in [0.05, 0.1) is 17.1 Å². The van der Waals surface area contributed by atoms with Crippen LogP contribution < -0.4 is 20.6 Å². The van der Waals surface area contributed by atoms with Gasteiger partial charge in [0.1, 0.15) is 29.2 Å². The zero-order valence-corrected chi connectivity index (χ0v) is 22.4. The minimum absolute atomic E-state index is 0.0105. The molecule has 5 rings (SSSR count). The van der Waals surface area contributed by atoms with Gasteiger partial charge in [-0.25, -0.2) is 18.4 Å². The van der Waals surface area contributed by atoms with Gasteiger partial charge in [-0.15, -0.1) is 0 Å². The van der Waals surface area contributed by atoms with Crippen molar-refractivity contribution in [3.63, 3.8) is 0 Å². The number of para-hydroxylation sites is 1. The van der Waals surface area contributed by atoms with E-state index >= 15 is 0 Å². The lowest BCUT2D eigenvalue weighted by Crippen LogP contribution is -2.61. The summed E-state index contributed by atoms with van der Waals surface area (Å²) >= 11 is 0. The van der Waals surface area contributed by atoms with E-state index in [1.165, 1.54) is 23.1 Å². The number of phenols is 1. The number of nitrogens with one attached hydrogen (secondary N) is 3. The summed E-state index contributed by atoms with van der Waals surface area (Å²) in [4.78, 5) is 65.4. The van der Waals surface area contributed by atoms with Gasteiger partial charge in [0, 0.05) is 50.8 Å². The number of rotatable bonds is 7. The van der Waals surface area contributed by atoms with Crippen LogP contribution in [-0.4, -0.2) is 101 Å². The van der Waals surface area contributed by atoms with E-state index in [-0.39, 0.29) is 36.7 Å². The number of amides is 5. The smallest absolute Gasteiger partial charge is 0.534 e. The highest BCUT2D eigenvalue weighted by Crippen LogP contribution is 2.31. The number of piperazine rings is 1. The molecule has 226 valence electrons. The van der Waals surface area contributed by atoms with E-state index in [0.717, 1.165) is 0 Å². The predicted molar refractivity (Wildman–Crippen MR) is 142 cm³/mol. The fraction of sp³-hybridized carbons (Fsp3) is 0.346. The van der Waals surface area contributed by atoms with Crippen LogP contribution in [0.3, 0.4) is 0 Å². The number of urea groups is 1. The Morgan fingerprint density at radius 2 is 1.81 bits per heavy atom. The molecule has 1 unspecified atom stereocenters. The molecule has 17 heteroatoms. The first-order valence-corrected chi connectivity index (χ1v) is 13.2. The van der Waals surface area contributed by atoms with Crippen LogP contribution in [0.4, 0.5) is 13.6 Å². The van der Waals surface area contributed by atoms with E-state index < -0.39 is 71.8 Å². The summed E-state index contributed by atoms with van der Waals surface area (Å²) in [5.41, 5.74) is -0.917. The Hall–Kier alpha value is -4.77. The Bertz CT molecular complexity index is 1480. The van der Waals surface area contributed by atoms with Gasteiger partial charge in [-0.1, -0.05) is 12.1 Å². The summed E-state index contributed by atoms with van der Waals surface area (Å²) in [6, 6.07) is 1.76. The van der Waals surface area contributed by atoms with Gasteiger partial charge in [0.15, 0.2) is 0 Å². The standard InChI is InChI=1S/C26H26BF2N5O9/c28-16-7-14(35)8-17(29)19(16)20(32-26(41)34-5-4-33(23(37)24(34)38)11-12-9-30-10-12)22(36)31-18-6-13-2-1-3-15(25(39)40)21(13)43-27(18)42/h1-3,7-8,12,18,20,30,35,42H,4-6,9-11H2,(H,31,36)(H,32,41)(H,39,40)/t18-,20?/m0/s1. The monoisotopic (exact) mass is 601 g/mol. The minimum atomic E-state index is -2.14. The lowest BCUT2D eigenvalue weighted by Gasteiger charge is -2.37. The minimum Gasteiger partial charge on any atom is -0.534 e. The van der Waals surface area contributed by atoms with E-state index in [9.17, 15) is 48.0 Å². The molecule has 2 aromatic carbocycles. The van der Waals surface area contributed by atoms with Gasteiger partial charge >= 0.3 is 30.9 Å².